The van der Waals surface area contributed by atoms with Gasteiger partial charge in [-0.25, -0.2) is 4.79 Å². The number of methoxy groups -OCH3 is 2. The van der Waals surface area contributed by atoms with Gasteiger partial charge in [-0.15, -0.1) is 0 Å². The third kappa shape index (κ3) is 3.17. The molecule has 0 saturated carbocycles. The molecule has 0 spiro atoms. The zero-order valence-corrected chi connectivity index (χ0v) is 11.6. The minimum atomic E-state index is -0.481. The number of carbonyl (C=O) groups is 1. The number of rotatable bonds is 4. The largest absolute Gasteiger partial charge is 0.497 e. The van der Waals surface area contributed by atoms with Crippen LogP contribution in [0.5, 0.6) is 5.75 Å². The lowest BCUT2D eigenvalue weighted by molar-refractivity contribution is 0.0600. The lowest BCUT2D eigenvalue weighted by Gasteiger charge is -2.07. The zero-order valence-electron chi connectivity index (χ0n) is 11.6. The highest BCUT2D eigenvalue weighted by Crippen LogP contribution is 2.15. The van der Waals surface area contributed by atoms with E-state index >= 15 is 0 Å². The average Bonchev–Trinajstić information content (AvgIpc) is 2.55. The standard InChI is InChI=1S/C15H14N2O4/c1-20-12-5-3-10(4-6-12)14(17-19)13-9-11(7-8-16-13)15(18)21-2/h3-9,19H,1-2H3/b17-14+. The van der Waals surface area contributed by atoms with Crippen LogP contribution in [0.2, 0.25) is 0 Å². The fourth-order valence-electron chi connectivity index (χ4n) is 1.81. The lowest BCUT2D eigenvalue weighted by Crippen LogP contribution is -2.09. The van der Waals surface area contributed by atoms with E-state index in [1.807, 2.05) is 0 Å². The quantitative estimate of drug-likeness (QED) is 0.403. The summed E-state index contributed by atoms with van der Waals surface area (Å²) >= 11 is 0. The minimum Gasteiger partial charge on any atom is -0.497 e. The summed E-state index contributed by atoms with van der Waals surface area (Å²) in [6.45, 7) is 0. The normalized spacial score (nSPS) is 11.0. The fourth-order valence-corrected chi connectivity index (χ4v) is 1.81. The Balaban J connectivity index is 2.39. The van der Waals surface area contributed by atoms with E-state index in [4.69, 9.17) is 4.74 Å². The van der Waals surface area contributed by atoms with E-state index in [9.17, 15) is 10.0 Å². The minimum absolute atomic E-state index is 0.253. The Morgan fingerprint density at radius 3 is 2.43 bits per heavy atom. The highest BCUT2D eigenvalue weighted by Gasteiger charge is 2.13. The van der Waals surface area contributed by atoms with Gasteiger partial charge in [0.05, 0.1) is 25.5 Å². The number of esters is 1. The van der Waals surface area contributed by atoms with Gasteiger partial charge in [-0.05, 0) is 36.4 Å². The van der Waals surface area contributed by atoms with E-state index in [2.05, 4.69) is 14.9 Å². The van der Waals surface area contributed by atoms with Crippen LogP contribution in [0.4, 0.5) is 0 Å². The first-order chi connectivity index (χ1) is 10.2. The van der Waals surface area contributed by atoms with Crippen molar-refractivity contribution < 1.29 is 19.5 Å². The molecule has 0 atom stereocenters. The summed E-state index contributed by atoms with van der Waals surface area (Å²) in [5.41, 5.74) is 1.60. The lowest BCUT2D eigenvalue weighted by atomic mass is 10.1. The monoisotopic (exact) mass is 286 g/mol. The second kappa shape index (κ2) is 6.51. The Labute approximate surface area is 121 Å². The number of benzene rings is 1. The molecule has 0 aliphatic carbocycles. The number of aromatic nitrogens is 1. The Hall–Kier alpha value is -2.89. The highest BCUT2D eigenvalue weighted by atomic mass is 16.5. The van der Waals surface area contributed by atoms with E-state index in [1.165, 1.54) is 25.4 Å². The molecule has 1 heterocycles. The van der Waals surface area contributed by atoms with E-state index in [0.29, 0.717) is 22.6 Å². The molecular weight excluding hydrogens is 272 g/mol. The molecule has 1 N–H and O–H groups in total. The van der Waals surface area contributed by atoms with Crippen LogP contribution in [-0.2, 0) is 4.74 Å². The number of pyridine rings is 1. The molecule has 0 radical (unpaired) electrons. The molecule has 0 unspecified atom stereocenters. The van der Waals surface area contributed by atoms with Crippen LogP contribution >= 0.6 is 0 Å². The maximum absolute atomic E-state index is 11.5. The summed E-state index contributed by atoms with van der Waals surface area (Å²) in [7, 11) is 2.87. The molecule has 2 aromatic rings. The topological polar surface area (TPSA) is 81.0 Å². The van der Waals surface area contributed by atoms with Crippen molar-refractivity contribution >= 4 is 11.7 Å². The Morgan fingerprint density at radius 2 is 1.86 bits per heavy atom. The van der Waals surface area contributed by atoms with Crippen molar-refractivity contribution in [2.75, 3.05) is 14.2 Å². The summed E-state index contributed by atoms with van der Waals surface area (Å²) in [4.78, 5) is 15.6. The molecule has 2 rings (SSSR count). The number of hydrogen-bond acceptors (Lipinski definition) is 6. The molecule has 0 bridgehead atoms. The fraction of sp³-hybridized carbons (Fsp3) is 0.133. The van der Waals surface area contributed by atoms with Crippen molar-refractivity contribution in [2.24, 2.45) is 5.16 Å². The average molecular weight is 286 g/mol. The molecule has 0 fully saturated rings. The smallest absolute Gasteiger partial charge is 0.337 e. The van der Waals surface area contributed by atoms with Gasteiger partial charge in [-0.2, -0.15) is 0 Å². The maximum atomic E-state index is 11.5. The van der Waals surface area contributed by atoms with Crippen molar-refractivity contribution in [1.29, 1.82) is 0 Å². The van der Waals surface area contributed by atoms with Gasteiger partial charge in [0.1, 0.15) is 11.5 Å². The molecule has 0 saturated heterocycles. The van der Waals surface area contributed by atoms with Crippen molar-refractivity contribution in [3.05, 3.63) is 59.4 Å². The molecule has 108 valence electrons. The molecule has 21 heavy (non-hydrogen) atoms. The third-order valence-corrected chi connectivity index (χ3v) is 2.89. The summed E-state index contributed by atoms with van der Waals surface area (Å²) in [5.74, 6) is 0.206. The van der Waals surface area contributed by atoms with Crippen LogP contribution in [0.15, 0.2) is 47.8 Å². The van der Waals surface area contributed by atoms with E-state index in [1.54, 1.807) is 31.4 Å². The van der Waals surface area contributed by atoms with Gasteiger partial charge in [-0.1, -0.05) is 5.16 Å². The third-order valence-electron chi connectivity index (χ3n) is 2.89. The van der Waals surface area contributed by atoms with Crippen molar-refractivity contribution in [1.82, 2.24) is 4.98 Å². The molecular formula is C15H14N2O4. The molecule has 1 aromatic carbocycles. The molecule has 0 amide bonds. The molecule has 6 heteroatoms. The summed E-state index contributed by atoms with van der Waals surface area (Å²) < 4.78 is 9.73. The second-order valence-corrected chi connectivity index (χ2v) is 4.10. The van der Waals surface area contributed by atoms with Crippen molar-refractivity contribution in [3.63, 3.8) is 0 Å². The van der Waals surface area contributed by atoms with Gasteiger partial charge in [0.25, 0.3) is 0 Å². The van der Waals surface area contributed by atoms with E-state index in [0.717, 1.165) is 0 Å². The zero-order chi connectivity index (χ0) is 15.2. The Morgan fingerprint density at radius 1 is 1.14 bits per heavy atom. The van der Waals surface area contributed by atoms with Gasteiger partial charge in [-0.3, -0.25) is 4.98 Å². The van der Waals surface area contributed by atoms with Gasteiger partial charge >= 0.3 is 5.97 Å². The molecule has 6 nitrogen and oxygen atoms in total. The molecule has 0 aliphatic heterocycles. The summed E-state index contributed by atoms with van der Waals surface area (Å²) in [6, 6.07) is 9.99. The number of oxime groups is 1. The molecule has 0 aliphatic rings. The van der Waals surface area contributed by atoms with Gasteiger partial charge in [0, 0.05) is 11.8 Å². The SMILES string of the molecule is COC(=O)c1ccnc(/C(=N/O)c2ccc(OC)cc2)c1. The summed E-state index contributed by atoms with van der Waals surface area (Å²) in [5, 5.41) is 12.5. The first-order valence-electron chi connectivity index (χ1n) is 6.11. The first-order valence-corrected chi connectivity index (χ1v) is 6.11. The first kappa shape index (κ1) is 14.5. The van der Waals surface area contributed by atoms with E-state index < -0.39 is 5.97 Å². The number of hydrogen-bond donors (Lipinski definition) is 1. The van der Waals surface area contributed by atoms with Crippen LogP contribution in [0.3, 0.4) is 0 Å². The van der Waals surface area contributed by atoms with Crippen LogP contribution < -0.4 is 4.74 Å². The predicted molar refractivity (Wildman–Crippen MR) is 76.0 cm³/mol. The van der Waals surface area contributed by atoms with Crippen LogP contribution in [-0.4, -0.2) is 36.1 Å². The van der Waals surface area contributed by atoms with Crippen LogP contribution in [0.25, 0.3) is 0 Å². The van der Waals surface area contributed by atoms with Gasteiger partial charge in [0.15, 0.2) is 0 Å². The van der Waals surface area contributed by atoms with Crippen LogP contribution in [0.1, 0.15) is 21.6 Å². The Bertz CT molecular complexity index is 666. The number of ether oxygens (including phenoxy) is 2. The van der Waals surface area contributed by atoms with Crippen molar-refractivity contribution in [3.8, 4) is 5.75 Å². The second-order valence-electron chi connectivity index (χ2n) is 4.10. The number of carbonyl (C=O) groups excluding carboxylic acids is 1. The van der Waals surface area contributed by atoms with Gasteiger partial charge in [0.2, 0.25) is 0 Å². The predicted octanol–water partition coefficient (Wildman–Crippen LogP) is 2.10. The summed E-state index contributed by atoms with van der Waals surface area (Å²) in [6.07, 6.45) is 1.45. The Kier molecular flexibility index (Phi) is 4.50. The maximum Gasteiger partial charge on any atom is 0.337 e. The van der Waals surface area contributed by atoms with Crippen LogP contribution in [0, 0.1) is 0 Å². The molecule has 1 aromatic heterocycles. The van der Waals surface area contributed by atoms with Gasteiger partial charge < -0.3 is 14.7 Å². The highest BCUT2D eigenvalue weighted by molar-refractivity contribution is 6.12. The van der Waals surface area contributed by atoms with E-state index in [-0.39, 0.29) is 5.71 Å². The van der Waals surface area contributed by atoms with Crippen molar-refractivity contribution in [2.45, 2.75) is 0 Å². The number of nitrogens with zero attached hydrogens (tertiary/aromatic N) is 2.